The van der Waals surface area contributed by atoms with Crippen LogP contribution in [0.5, 0.6) is 0 Å². The van der Waals surface area contributed by atoms with Gasteiger partial charge in [-0.3, -0.25) is 4.79 Å². The van der Waals surface area contributed by atoms with Gasteiger partial charge in [0.2, 0.25) is 15.8 Å². The second-order valence-electron chi connectivity index (χ2n) is 9.79. The van der Waals surface area contributed by atoms with E-state index in [1.54, 1.807) is 18.2 Å². The van der Waals surface area contributed by atoms with Crippen LogP contribution < -0.4 is 9.80 Å². The normalized spacial score (nSPS) is 14.9. The third-order valence-electron chi connectivity index (χ3n) is 7.41. The van der Waals surface area contributed by atoms with Crippen LogP contribution in [0.25, 0.3) is 11.0 Å². The fourth-order valence-corrected chi connectivity index (χ4v) is 6.46. The summed E-state index contributed by atoms with van der Waals surface area (Å²) in [6, 6.07) is 18.3. The van der Waals surface area contributed by atoms with Crippen LogP contribution in [0.1, 0.15) is 35.5 Å². The van der Waals surface area contributed by atoms with E-state index in [9.17, 15) is 26.4 Å². The summed E-state index contributed by atoms with van der Waals surface area (Å²) >= 11 is 0. The quantitative estimate of drug-likeness (QED) is 0.235. The fraction of sp³-hybridized carbons (Fsp3) is 0.300. The molecular formula is C30H30F3N3O4S. The number of carbonyl (C=O) groups excluding carboxylic acids is 1. The zero-order valence-electron chi connectivity index (χ0n) is 22.7. The van der Waals surface area contributed by atoms with Crippen LogP contribution >= 0.6 is 0 Å². The van der Waals surface area contributed by atoms with E-state index in [2.05, 4.69) is 18.7 Å². The van der Waals surface area contributed by atoms with Crippen molar-refractivity contribution in [2.45, 2.75) is 24.9 Å². The molecule has 4 aromatic rings. The first-order chi connectivity index (χ1) is 19.5. The van der Waals surface area contributed by atoms with Gasteiger partial charge in [0.05, 0.1) is 10.5 Å². The third-order valence-corrected chi connectivity index (χ3v) is 9.32. The Hall–Kier alpha value is -3.83. The molecule has 3 aromatic carbocycles. The number of benzene rings is 3. The number of rotatable bonds is 8. The van der Waals surface area contributed by atoms with Crippen molar-refractivity contribution in [2.24, 2.45) is 0 Å². The molecule has 7 nitrogen and oxygen atoms in total. The molecular weight excluding hydrogens is 555 g/mol. The maximum atomic E-state index is 13.1. The van der Waals surface area contributed by atoms with Gasteiger partial charge in [0.25, 0.3) is 0 Å². The Kier molecular flexibility index (Phi) is 7.85. The van der Waals surface area contributed by atoms with E-state index < -0.39 is 21.8 Å². The van der Waals surface area contributed by atoms with Gasteiger partial charge in [-0.05, 0) is 80.6 Å². The summed E-state index contributed by atoms with van der Waals surface area (Å²) in [7, 11) is -3.92. The number of hydrogen-bond donors (Lipinski definition) is 0. The highest BCUT2D eigenvalue weighted by Gasteiger charge is 2.32. The average Bonchev–Trinajstić information content (AvgIpc) is 3.41. The maximum absolute atomic E-state index is 13.1. The molecule has 0 N–H and O–H groups in total. The van der Waals surface area contributed by atoms with Gasteiger partial charge in [0, 0.05) is 67.7 Å². The van der Waals surface area contributed by atoms with Crippen molar-refractivity contribution in [3.05, 3.63) is 89.7 Å². The molecule has 216 valence electrons. The molecule has 0 radical (unpaired) electrons. The zero-order valence-corrected chi connectivity index (χ0v) is 23.5. The summed E-state index contributed by atoms with van der Waals surface area (Å²) < 4.78 is 71.7. The molecule has 0 aliphatic carbocycles. The number of alkyl halides is 3. The van der Waals surface area contributed by atoms with Gasteiger partial charge >= 0.3 is 6.18 Å². The van der Waals surface area contributed by atoms with Crippen molar-refractivity contribution in [3.8, 4) is 0 Å². The van der Waals surface area contributed by atoms with Gasteiger partial charge < -0.3 is 14.2 Å². The first-order valence-corrected chi connectivity index (χ1v) is 14.8. The third kappa shape index (κ3) is 5.82. The average molecular weight is 586 g/mol. The van der Waals surface area contributed by atoms with Crippen LogP contribution in [0.3, 0.4) is 0 Å². The molecule has 2 heterocycles. The van der Waals surface area contributed by atoms with Gasteiger partial charge in [0.15, 0.2) is 5.76 Å². The number of fused-ring (bicyclic) bond motifs is 1. The number of sulfonamides is 1. The van der Waals surface area contributed by atoms with Gasteiger partial charge in [-0.25, -0.2) is 8.42 Å². The molecule has 0 atom stereocenters. The van der Waals surface area contributed by atoms with Gasteiger partial charge in [-0.15, -0.1) is 0 Å². The number of ketones is 1. The van der Waals surface area contributed by atoms with Crippen molar-refractivity contribution in [2.75, 3.05) is 49.1 Å². The number of furan rings is 1. The fourth-order valence-electron chi connectivity index (χ4n) is 5.03. The van der Waals surface area contributed by atoms with E-state index in [0.717, 1.165) is 54.1 Å². The second kappa shape index (κ2) is 11.2. The van der Waals surface area contributed by atoms with E-state index in [-0.39, 0.29) is 29.5 Å². The molecule has 1 saturated heterocycles. The predicted molar refractivity (Wildman–Crippen MR) is 152 cm³/mol. The van der Waals surface area contributed by atoms with Crippen LogP contribution in [-0.4, -0.2) is 57.8 Å². The lowest BCUT2D eigenvalue weighted by Crippen LogP contribution is -2.48. The molecule has 41 heavy (non-hydrogen) atoms. The molecule has 1 aromatic heterocycles. The maximum Gasteiger partial charge on any atom is 0.416 e. The lowest BCUT2D eigenvalue weighted by molar-refractivity contribution is -0.137. The first kappa shape index (κ1) is 28.7. The number of halogens is 3. The van der Waals surface area contributed by atoms with Gasteiger partial charge in [-0.1, -0.05) is 0 Å². The molecule has 0 saturated carbocycles. The highest BCUT2D eigenvalue weighted by atomic mass is 32.2. The number of nitrogens with zero attached hydrogens (tertiary/aromatic N) is 3. The lowest BCUT2D eigenvalue weighted by atomic mass is 10.1. The molecule has 5 rings (SSSR count). The lowest BCUT2D eigenvalue weighted by Gasteiger charge is -2.35. The Balaban J connectivity index is 1.24. The minimum absolute atomic E-state index is 0.170. The van der Waals surface area contributed by atoms with Crippen molar-refractivity contribution in [1.82, 2.24) is 4.31 Å². The van der Waals surface area contributed by atoms with Crippen LogP contribution in [0.4, 0.5) is 24.5 Å². The zero-order chi connectivity index (χ0) is 29.4. The van der Waals surface area contributed by atoms with E-state index in [1.807, 2.05) is 35.2 Å². The molecule has 0 unspecified atom stereocenters. The largest absolute Gasteiger partial charge is 0.452 e. The molecule has 11 heteroatoms. The predicted octanol–water partition coefficient (Wildman–Crippen LogP) is 6.04. The van der Waals surface area contributed by atoms with Crippen LogP contribution in [-0.2, 0) is 16.2 Å². The van der Waals surface area contributed by atoms with E-state index >= 15 is 0 Å². The van der Waals surface area contributed by atoms with Crippen molar-refractivity contribution in [3.63, 3.8) is 0 Å². The summed E-state index contributed by atoms with van der Waals surface area (Å²) in [6.45, 7) is 7.04. The highest BCUT2D eigenvalue weighted by Crippen LogP contribution is 2.31. The smallest absolute Gasteiger partial charge is 0.416 e. The molecule has 1 aliphatic rings. The Morgan fingerprint density at radius 3 is 2.10 bits per heavy atom. The number of anilines is 2. The Bertz CT molecular complexity index is 1640. The standard InChI is InChI=1S/C30H30F3N3O4S/c1-3-34(4-2)25-12-7-22-19-28(40-27(22)20-25)29(37)21-5-10-24(11-6-21)35-15-17-36(18-16-35)41(38,39)26-13-8-23(9-14-26)30(31,32)33/h5-14,19-20H,3-4,15-18H2,1-2H3. The minimum Gasteiger partial charge on any atom is -0.452 e. The van der Waals surface area contributed by atoms with E-state index in [1.165, 1.54) is 4.31 Å². The highest BCUT2D eigenvalue weighted by molar-refractivity contribution is 7.89. The van der Waals surface area contributed by atoms with Crippen LogP contribution in [0, 0.1) is 0 Å². The summed E-state index contributed by atoms with van der Waals surface area (Å²) in [6.07, 6.45) is -4.53. The summed E-state index contributed by atoms with van der Waals surface area (Å²) in [5, 5.41) is 0.852. The number of piperazine rings is 1. The minimum atomic E-state index is -4.53. The molecule has 0 spiro atoms. The van der Waals surface area contributed by atoms with Crippen LogP contribution in [0.2, 0.25) is 0 Å². The Morgan fingerprint density at radius 2 is 1.51 bits per heavy atom. The summed E-state index contributed by atoms with van der Waals surface area (Å²) in [5.41, 5.74) is 2.10. The van der Waals surface area contributed by atoms with Gasteiger partial charge in [-0.2, -0.15) is 17.5 Å². The monoisotopic (exact) mass is 585 g/mol. The van der Waals surface area contributed by atoms with Crippen molar-refractivity contribution >= 4 is 38.2 Å². The summed E-state index contributed by atoms with van der Waals surface area (Å²) in [4.78, 5) is 17.2. The number of hydrogen-bond acceptors (Lipinski definition) is 6. The van der Waals surface area contributed by atoms with E-state index in [4.69, 9.17) is 4.42 Å². The van der Waals surface area contributed by atoms with Crippen molar-refractivity contribution < 1.29 is 30.8 Å². The second-order valence-corrected chi connectivity index (χ2v) is 11.7. The topological polar surface area (TPSA) is 74.1 Å². The molecule has 1 aliphatic heterocycles. The molecule has 0 amide bonds. The molecule has 1 fully saturated rings. The SMILES string of the molecule is CCN(CC)c1ccc2cc(C(=O)c3ccc(N4CCN(S(=O)(=O)c5ccc(C(F)(F)F)cc5)CC4)cc3)oc2c1. The van der Waals surface area contributed by atoms with E-state index in [0.29, 0.717) is 24.2 Å². The number of carbonyl (C=O) groups is 1. The summed E-state index contributed by atoms with van der Waals surface area (Å²) in [5.74, 6) is 0.0242. The van der Waals surface area contributed by atoms with Crippen molar-refractivity contribution in [1.29, 1.82) is 0 Å². The van der Waals surface area contributed by atoms with Crippen LogP contribution in [0.15, 0.2) is 82.1 Å². The van der Waals surface area contributed by atoms with Gasteiger partial charge in [0.1, 0.15) is 5.58 Å². The molecule has 0 bridgehead atoms. The Morgan fingerprint density at radius 1 is 0.878 bits per heavy atom. The first-order valence-electron chi connectivity index (χ1n) is 13.4. The Labute approximate surface area is 236 Å².